The molecular weight excluding hydrogens is 274 g/mol. The molecule has 1 aromatic rings. The van der Waals surface area contributed by atoms with E-state index < -0.39 is 22.5 Å². The zero-order chi connectivity index (χ0) is 11.9. The van der Waals surface area contributed by atoms with Crippen LogP contribution in [0.3, 0.4) is 0 Å². The van der Waals surface area contributed by atoms with Crippen molar-refractivity contribution in [2.75, 3.05) is 6.61 Å². The standard InChI is InChI=1S/C9H8ClFN2O3.ClH/c10-4-3-5(11)8(13(14)15)7-6(12)1-2-16-9(4)7;/h3,6H,1-2,12H2;1H/t6-;/m1./s1. The van der Waals surface area contributed by atoms with Crippen LogP contribution >= 0.6 is 24.0 Å². The molecule has 1 heterocycles. The van der Waals surface area contributed by atoms with E-state index in [4.69, 9.17) is 22.1 Å². The highest BCUT2D eigenvalue weighted by atomic mass is 35.5. The van der Waals surface area contributed by atoms with E-state index >= 15 is 0 Å². The number of fused-ring (bicyclic) bond motifs is 1. The van der Waals surface area contributed by atoms with E-state index in [1.54, 1.807) is 0 Å². The maximum Gasteiger partial charge on any atom is 0.313 e. The summed E-state index contributed by atoms with van der Waals surface area (Å²) in [6.07, 6.45) is 0.396. The second-order valence-corrected chi connectivity index (χ2v) is 3.84. The Morgan fingerprint density at radius 2 is 2.29 bits per heavy atom. The number of nitro groups is 1. The van der Waals surface area contributed by atoms with Crippen LogP contribution in [0.15, 0.2) is 6.07 Å². The van der Waals surface area contributed by atoms with Crippen LogP contribution in [0, 0.1) is 15.9 Å². The fourth-order valence-corrected chi connectivity index (χ4v) is 1.97. The molecular formula is C9H9Cl2FN2O3. The van der Waals surface area contributed by atoms with Crippen LogP contribution in [0.5, 0.6) is 5.75 Å². The van der Waals surface area contributed by atoms with Gasteiger partial charge in [0.1, 0.15) is 5.75 Å². The first-order valence-electron chi connectivity index (χ1n) is 4.57. The summed E-state index contributed by atoms with van der Waals surface area (Å²) < 4.78 is 18.6. The maximum absolute atomic E-state index is 13.4. The van der Waals surface area contributed by atoms with Crippen molar-refractivity contribution in [2.45, 2.75) is 12.5 Å². The predicted molar refractivity (Wildman–Crippen MR) is 62.4 cm³/mol. The van der Waals surface area contributed by atoms with Crippen molar-refractivity contribution >= 4 is 29.7 Å². The van der Waals surface area contributed by atoms with Crippen molar-refractivity contribution in [3.8, 4) is 5.75 Å². The average Bonchev–Trinajstić information content (AvgIpc) is 2.19. The van der Waals surface area contributed by atoms with Crippen LogP contribution in [0.4, 0.5) is 10.1 Å². The third kappa shape index (κ3) is 2.29. The van der Waals surface area contributed by atoms with Gasteiger partial charge in [0.05, 0.1) is 22.1 Å². The normalized spacial score (nSPS) is 17.7. The van der Waals surface area contributed by atoms with Crippen LogP contribution in [0.25, 0.3) is 0 Å². The van der Waals surface area contributed by atoms with Gasteiger partial charge < -0.3 is 10.5 Å². The lowest BCUT2D eigenvalue weighted by Gasteiger charge is -2.23. The second-order valence-electron chi connectivity index (χ2n) is 3.43. The highest BCUT2D eigenvalue weighted by molar-refractivity contribution is 6.32. The molecule has 0 unspecified atom stereocenters. The summed E-state index contributed by atoms with van der Waals surface area (Å²) in [4.78, 5) is 9.96. The SMILES string of the molecule is Cl.N[C@@H]1CCOc2c(Cl)cc(F)c([N+](=O)[O-])c21. The Labute approximate surface area is 107 Å². The number of nitrogens with zero attached hydrogens (tertiary/aromatic N) is 1. The molecule has 8 heteroatoms. The van der Waals surface area contributed by atoms with Gasteiger partial charge in [-0.3, -0.25) is 10.1 Å². The van der Waals surface area contributed by atoms with E-state index in [2.05, 4.69) is 0 Å². The molecule has 0 aliphatic carbocycles. The minimum Gasteiger partial charge on any atom is -0.491 e. The molecule has 1 atom stereocenters. The zero-order valence-electron chi connectivity index (χ0n) is 8.48. The minimum atomic E-state index is -0.991. The number of hydrogen-bond acceptors (Lipinski definition) is 4. The molecule has 0 radical (unpaired) electrons. The summed E-state index contributed by atoms with van der Waals surface area (Å²) in [7, 11) is 0. The number of rotatable bonds is 1. The topological polar surface area (TPSA) is 78.4 Å². The molecule has 0 aromatic heterocycles. The number of halogens is 3. The molecule has 2 N–H and O–H groups in total. The quantitative estimate of drug-likeness (QED) is 0.634. The Balaban J connectivity index is 0.00000144. The molecule has 0 bridgehead atoms. The van der Waals surface area contributed by atoms with Crippen LogP contribution < -0.4 is 10.5 Å². The van der Waals surface area contributed by atoms with Gasteiger partial charge in [0.15, 0.2) is 0 Å². The Morgan fingerprint density at radius 1 is 1.65 bits per heavy atom. The summed E-state index contributed by atoms with van der Waals surface area (Å²) in [5.41, 5.74) is 5.11. The Morgan fingerprint density at radius 3 is 2.88 bits per heavy atom. The molecule has 0 amide bonds. The van der Waals surface area contributed by atoms with E-state index in [0.29, 0.717) is 13.0 Å². The van der Waals surface area contributed by atoms with Gasteiger partial charge in [0.25, 0.3) is 0 Å². The molecule has 0 fully saturated rings. The Bertz CT molecular complexity index is 470. The fourth-order valence-electron chi connectivity index (χ4n) is 1.72. The zero-order valence-corrected chi connectivity index (χ0v) is 10.1. The highest BCUT2D eigenvalue weighted by Gasteiger charge is 2.33. The van der Waals surface area contributed by atoms with Crippen molar-refractivity contribution in [1.29, 1.82) is 0 Å². The lowest BCUT2D eigenvalue weighted by atomic mass is 9.99. The molecule has 1 aliphatic rings. The smallest absolute Gasteiger partial charge is 0.313 e. The van der Waals surface area contributed by atoms with Crippen molar-refractivity contribution in [3.05, 3.63) is 32.6 Å². The largest absolute Gasteiger partial charge is 0.491 e. The van der Waals surface area contributed by atoms with Crippen molar-refractivity contribution < 1.29 is 14.1 Å². The van der Waals surface area contributed by atoms with E-state index in [-0.39, 0.29) is 28.7 Å². The summed E-state index contributed by atoms with van der Waals surface area (Å²) in [6, 6.07) is 0.244. The summed E-state index contributed by atoms with van der Waals surface area (Å²) >= 11 is 5.75. The molecule has 94 valence electrons. The van der Waals surface area contributed by atoms with Gasteiger partial charge in [0.2, 0.25) is 5.82 Å². The van der Waals surface area contributed by atoms with E-state index in [1.807, 2.05) is 0 Å². The summed E-state index contributed by atoms with van der Waals surface area (Å²) in [5.74, 6) is -0.872. The number of ether oxygens (including phenoxy) is 1. The van der Waals surface area contributed by atoms with E-state index in [9.17, 15) is 14.5 Å². The minimum absolute atomic E-state index is 0. The monoisotopic (exact) mass is 282 g/mol. The molecule has 0 saturated heterocycles. The molecule has 1 aromatic carbocycles. The molecule has 1 aliphatic heterocycles. The summed E-state index contributed by atoms with van der Waals surface area (Å²) in [5, 5.41) is 10.8. The molecule has 0 spiro atoms. The first-order valence-corrected chi connectivity index (χ1v) is 4.95. The first-order chi connectivity index (χ1) is 7.52. The van der Waals surface area contributed by atoms with Gasteiger partial charge in [-0.15, -0.1) is 12.4 Å². The fraction of sp³-hybridized carbons (Fsp3) is 0.333. The lowest BCUT2D eigenvalue weighted by molar-refractivity contribution is -0.388. The molecule has 5 nitrogen and oxygen atoms in total. The third-order valence-electron chi connectivity index (χ3n) is 2.42. The van der Waals surface area contributed by atoms with Crippen LogP contribution in [0.2, 0.25) is 5.02 Å². The number of benzene rings is 1. The van der Waals surface area contributed by atoms with Crippen molar-refractivity contribution in [3.63, 3.8) is 0 Å². The predicted octanol–water partition coefficient (Wildman–Crippen LogP) is 2.59. The second kappa shape index (κ2) is 5.03. The lowest BCUT2D eigenvalue weighted by Crippen LogP contribution is -2.22. The third-order valence-corrected chi connectivity index (χ3v) is 2.71. The van der Waals surface area contributed by atoms with Gasteiger partial charge in [-0.25, -0.2) is 0 Å². The maximum atomic E-state index is 13.4. The van der Waals surface area contributed by atoms with Crippen LogP contribution in [0.1, 0.15) is 18.0 Å². The van der Waals surface area contributed by atoms with E-state index in [0.717, 1.165) is 6.07 Å². The highest BCUT2D eigenvalue weighted by Crippen LogP contribution is 2.43. The van der Waals surface area contributed by atoms with E-state index in [1.165, 1.54) is 0 Å². The van der Waals surface area contributed by atoms with Crippen LogP contribution in [-0.4, -0.2) is 11.5 Å². The Hall–Kier alpha value is -1.11. The first kappa shape index (κ1) is 14.0. The average molecular weight is 283 g/mol. The van der Waals surface area contributed by atoms with Gasteiger partial charge in [-0.1, -0.05) is 11.6 Å². The van der Waals surface area contributed by atoms with Crippen LogP contribution in [-0.2, 0) is 0 Å². The number of nitrogens with two attached hydrogens (primary N) is 1. The molecule has 17 heavy (non-hydrogen) atoms. The van der Waals surface area contributed by atoms with Crippen molar-refractivity contribution in [1.82, 2.24) is 0 Å². The number of nitro benzene ring substituents is 1. The molecule has 2 rings (SSSR count). The summed E-state index contributed by atoms with van der Waals surface area (Å²) in [6.45, 7) is 0.316. The molecule has 0 saturated carbocycles. The van der Waals surface area contributed by atoms with Crippen molar-refractivity contribution in [2.24, 2.45) is 5.73 Å². The van der Waals surface area contributed by atoms with Gasteiger partial charge >= 0.3 is 5.69 Å². The van der Waals surface area contributed by atoms with Gasteiger partial charge in [-0.05, 0) is 0 Å². The van der Waals surface area contributed by atoms with Gasteiger partial charge in [0, 0.05) is 18.5 Å². The Kier molecular flexibility index (Phi) is 4.13. The number of hydrogen-bond donors (Lipinski definition) is 1. The van der Waals surface area contributed by atoms with Gasteiger partial charge in [-0.2, -0.15) is 4.39 Å².